The summed E-state index contributed by atoms with van der Waals surface area (Å²) < 4.78 is 12.7. The molecule has 22 heavy (non-hydrogen) atoms. The van der Waals surface area contributed by atoms with E-state index in [-0.39, 0.29) is 28.3 Å². The van der Waals surface area contributed by atoms with Gasteiger partial charge in [-0.15, -0.1) is 0 Å². The zero-order chi connectivity index (χ0) is 15.4. The molecule has 0 heterocycles. The second kappa shape index (κ2) is 4.71. The van der Waals surface area contributed by atoms with E-state index in [9.17, 15) is 13.8 Å². The largest absolute Gasteiger partial charge is 0.290 e. The Morgan fingerprint density at radius 3 is 2.32 bits per heavy atom. The first-order chi connectivity index (χ1) is 10.6. The molecule has 0 aromatic heterocycles. The standard InChI is InChI=1S/C18H14O3S/c1-10-2-6-13(7-3-10)22(21)15-9-14(19)16-11-4-5-12(8-11)17(16)18(15)20/h2-7,9,11-12H,8H2,1H3/t11-,12+,22?/m0/s1. The van der Waals surface area contributed by atoms with Crippen molar-refractivity contribution in [1.82, 2.24) is 0 Å². The average molecular weight is 310 g/mol. The minimum absolute atomic E-state index is 0.0233. The highest BCUT2D eigenvalue weighted by Crippen LogP contribution is 2.47. The van der Waals surface area contributed by atoms with Crippen LogP contribution in [-0.2, 0) is 20.4 Å². The molecule has 3 nitrogen and oxygen atoms in total. The predicted molar refractivity (Wildman–Crippen MR) is 83.4 cm³/mol. The Labute approximate surface area is 130 Å². The second-order valence-electron chi connectivity index (χ2n) is 5.94. The van der Waals surface area contributed by atoms with Gasteiger partial charge in [0.05, 0.1) is 15.7 Å². The molecule has 0 N–H and O–H groups in total. The van der Waals surface area contributed by atoms with E-state index < -0.39 is 10.8 Å². The molecule has 0 saturated heterocycles. The molecular weight excluding hydrogens is 296 g/mol. The van der Waals surface area contributed by atoms with Crippen LogP contribution in [0.4, 0.5) is 0 Å². The van der Waals surface area contributed by atoms with Crippen LogP contribution in [0.25, 0.3) is 0 Å². The fourth-order valence-electron chi connectivity index (χ4n) is 3.45. The Hall–Kier alpha value is -2.07. The highest BCUT2D eigenvalue weighted by molar-refractivity contribution is 7.90. The van der Waals surface area contributed by atoms with Crippen molar-refractivity contribution in [2.24, 2.45) is 11.8 Å². The van der Waals surface area contributed by atoms with E-state index in [4.69, 9.17) is 0 Å². The number of allylic oxidation sites excluding steroid dienone is 6. The lowest BCUT2D eigenvalue weighted by molar-refractivity contribution is -0.115. The van der Waals surface area contributed by atoms with E-state index in [1.165, 1.54) is 6.08 Å². The molecule has 0 radical (unpaired) electrons. The topological polar surface area (TPSA) is 51.2 Å². The Morgan fingerprint density at radius 2 is 1.64 bits per heavy atom. The minimum atomic E-state index is -1.61. The molecule has 0 spiro atoms. The molecule has 4 rings (SSSR count). The lowest BCUT2D eigenvalue weighted by atomic mass is 9.87. The van der Waals surface area contributed by atoms with Crippen molar-refractivity contribution in [2.75, 3.05) is 0 Å². The highest BCUT2D eigenvalue weighted by Gasteiger charge is 2.45. The van der Waals surface area contributed by atoms with Crippen molar-refractivity contribution in [3.8, 4) is 0 Å². The van der Waals surface area contributed by atoms with Crippen LogP contribution < -0.4 is 0 Å². The summed E-state index contributed by atoms with van der Waals surface area (Å²) in [7, 11) is -1.61. The van der Waals surface area contributed by atoms with Gasteiger partial charge >= 0.3 is 0 Å². The molecule has 110 valence electrons. The van der Waals surface area contributed by atoms with Gasteiger partial charge in [0.15, 0.2) is 11.6 Å². The van der Waals surface area contributed by atoms with Crippen LogP contribution in [0, 0.1) is 18.8 Å². The third kappa shape index (κ3) is 1.83. The molecule has 0 aliphatic heterocycles. The summed E-state index contributed by atoms with van der Waals surface area (Å²) in [6.45, 7) is 1.94. The predicted octanol–water partition coefficient (Wildman–Crippen LogP) is 2.64. The number of aryl methyl sites for hydroxylation is 1. The number of hydrogen-bond acceptors (Lipinski definition) is 3. The SMILES string of the molecule is Cc1ccc(S(=O)C2=CC(=O)C3=C(C2=O)[C@@H]2C=C[C@H]3C2)cc1. The summed E-state index contributed by atoms with van der Waals surface area (Å²) in [5.74, 6) is -0.274. The third-order valence-electron chi connectivity index (χ3n) is 4.55. The van der Waals surface area contributed by atoms with Crippen molar-refractivity contribution in [2.45, 2.75) is 18.2 Å². The van der Waals surface area contributed by atoms with Gasteiger partial charge in [-0.1, -0.05) is 29.8 Å². The molecule has 0 fully saturated rings. The van der Waals surface area contributed by atoms with Crippen LogP contribution in [0.15, 0.2) is 63.4 Å². The van der Waals surface area contributed by atoms with Gasteiger partial charge in [-0.3, -0.25) is 9.59 Å². The lowest BCUT2D eigenvalue weighted by Gasteiger charge is -2.19. The zero-order valence-corrected chi connectivity index (χ0v) is 12.9. The van der Waals surface area contributed by atoms with E-state index in [1.807, 2.05) is 31.2 Å². The molecule has 3 aliphatic rings. The summed E-state index contributed by atoms with van der Waals surface area (Å²) in [5, 5.41) is 0. The summed E-state index contributed by atoms with van der Waals surface area (Å²) in [6, 6.07) is 7.20. The quantitative estimate of drug-likeness (QED) is 0.623. The molecule has 1 aromatic rings. The van der Waals surface area contributed by atoms with E-state index >= 15 is 0 Å². The summed E-state index contributed by atoms with van der Waals surface area (Å²) in [5.41, 5.74) is 2.27. The van der Waals surface area contributed by atoms with E-state index in [2.05, 4.69) is 0 Å². The van der Waals surface area contributed by atoms with E-state index in [1.54, 1.807) is 12.1 Å². The number of carbonyl (C=O) groups excluding carboxylic acids is 2. The lowest BCUT2D eigenvalue weighted by Crippen LogP contribution is -2.24. The number of carbonyl (C=O) groups is 2. The highest BCUT2D eigenvalue weighted by atomic mass is 32.2. The maximum absolute atomic E-state index is 12.7. The monoisotopic (exact) mass is 310 g/mol. The molecule has 3 aliphatic carbocycles. The second-order valence-corrected chi connectivity index (χ2v) is 7.39. The van der Waals surface area contributed by atoms with Crippen LogP contribution in [-0.4, -0.2) is 15.8 Å². The smallest absolute Gasteiger partial charge is 0.199 e. The van der Waals surface area contributed by atoms with Crippen LogP contribution in [0.5, 0.6) is 0 Å². The van der Waals surface area contributed by atoms with Crippen molar-refractivity contribution >= 4 is 22.4 Å². The van der Waals surface area contributed by atoms with Gasteiger partial charge in [0.25, 0.3) is 0 Å². The maximum atomic E-state index is 12.7. The van der Waals surface area contributed by atoms with Gasteiger partial charge < -0.3 is 0 Å². The van der Waals surface area contributed by atoms with Crippen molar-refractivity contribution in [1.29, 1.82) is 0 Å². The van der Waals surface area contributed by atoms with Gasteiger partial charge in [-0.25, -0.2) is 4.21 Å². The van der Waals surface area contributed by atoms with Gasteiger partial charge in [0, 0.05) is 34.0 Å². The summed E-state index contributed by atoms with van der Waals surface area (Å²) >= 11 is 0. The van der Waals surface area contributed by atoms with Crippen LogP contribution >= 0.6 is 0 Å². The van der Waals surface area contributed by atoms with Crippen LogP contribution in [0.2, 0.25) is 0 Å². The average Bonchev–Trinajstić information content (AvgIpc) is 3.12. The number of ketones is 2. The number of benzene rings is 1. The number of Topliss-reactive ketones (excluding diaryl/α,β-unsaturated/α-hetero) is 1. The first kappa shape index (κ1) is 13.6. The van der Waals surface area contributed by atoms with Crippen LogP contribution in [0.1, 0.15) is 12.0 Å². The Balaban J connectivity index is 1.72. The summed E-state index contributed by atoms with van der Waals surface area (Å²) in [4.78, 5) is 25.8. The van der Waals surface area contributed by atoms with Gasteiger partial charge in [-0.05, 0) is 25.5 Å². The minimum Gasteiger partial charge on any atom is -0.290 e. The fraction of sp³-hybridized carbons (Fsp3) is 0.222. The molecular formula is C18H14O3S. The zero-order valence-electron chi connectivity index (χ0n) is 12.0. The first-order valence-corrected chi connectivity index (χ1v) is 8.43. The van der Waals surface area contributed by atoms with Gasteiger partial charge in [0.1, 0.15) is 0 Å². The number of rotatable bonds is 2. The number of fused-ring (bicyclic) bond motifs is 4. The van der Waals surface area contributed by atoms with Crippen molar-refractivity contribution in [3.63, 3.8) is 0 Å². The van der Waals surface area contributed by atoms with Gasteiger partial charge in [0.2, 0.25) is 0 Å². The first-order valence-electron chi connectivity index (χ1n) is 7.28. The van der Waals surface area contributed by atoms with Crippen LogP contribution in [0.3, 0.4) is 0 Å². The van der Waals surface area contributed by atoms with Crippen molar-refractivity contribution in [3.05, 3.63) is 64.1 Å². The maximum Gasteiger partial charge on any atom is 0.199 e. The molecule has 0 amide bonds. The Kier molecular flexibility index (Phi) is 2.91. The molecule has 1 aromatic carbocycles. The Bertz CT molecular complexity index is 824. The number of hydrogen-bond donors (Lipinski definition) is 0. The van der Waals surface area contributed by atoms with E-state index in [0.29, 0.717) is 16.0 Å². The van der Waals surface area contributed by atoms with Crippen molar-refractivity contribution < 1.29 is 13.8 Å². The molecule has 1 unspecified atom stereocenters. The molecule has 2 bridgehead atoms. The normalized spacial score (nSPS) is 27.2. The molecule has 3 atom stereocenters. The van der Waals surface area contributed by atoms with Gasteiger partial charge in [-0.2, -0.15) is 0 Å². The molecule has 4 heteroatoms. The van der Waals surface area contributed by atoms with E-state index in [0.717, 1.165) is 12.0 Å². The fourth-order valence-corrected chi connectivity index (χ4v) is 4.58. The third-order valence-corrected chi connectivity index (χ3v) is 5.95. The molecule has 0 saturated carbocycles. The Morgan fingerprint density at radius 1 is 1.00 bits per heavy atom. The summed E-state index contributed by atoms with van der Waals surface area (Å²) in [6.07, 6.45) is 6.09.